The van der Waals surface area contributed by atoms with Gasteiger partial charge in [0.25, 0.3) is 0 Å². The van der Waals surface area contributed by atoms with Crippen molar-refractivity contribution in [2.45, 2.75) is 155 Å². The maximum atomic E-state index is 14.2. The monoisotopic (exact) mass is 1020 g/mol. The molecule has 4 saturated heterocycles. The number of aromatic hydroxyl groups is 1. The molecule has 2 aromatic heterocycles. The molecule has 4 bridgehead atoms. The molecular weight excluding hydrogens is 966 g/mol. The quantitative estimate of drug-likeness (QED) is 0.178. The molecular formula is C46H57ClF2N6O12S2. The Morgan fingerprint density at radius 3 is 1.51 bits per heavy atom. The highest BCUT2D eigenvalue weighted by molar-refractivity contribution is 7.51. The zero-order chi connectivity index (χ0) is 51.4. The maximum Gasteiger partial charge on any atom is 0.410 e. The van der Waals surface area contributed by atoms with Crippen LogP contribution in [0.5, 0.6) is 29.1 Å². The van der Waals surface area contributed by atoms with Gasteiger partial charge in [0.1, 0.15) is 41.2 Å². The Morgan fingerprint density at radius 1 is 0.652 bits per heavy atom. The zero-order valence-electron chi connectivity index (χ0n) is 39.9. The lowest BCUT2D eigenvalue weighted by Crippen LogP contribution is -2.42. The predicted molar refractivity (Wildman–Crippen MR) is 248 cm³/mol. The van der Waals surface area contributed by atoms with Crippen molar-refractivity contribution in [1.82, 2.24) is 29.7 Å². The van der Waals surface area contributed by atoms with E-state index in [1.54, 1.807) is 32.0 Å². The summed E-state index contributed by atoms with van der Waals surface area (Å²) >= 11 is 4.51. The van der Waals surface area contributed by atoms with Gasteiger partial charge in [0.15, 0.2) is 23.1 Å². The number of phenolic OH excluding ortho intramolecular Hbond substituents is 1. The third-order valence-corrected chi connectivity index (χ3v) is 11.4. The average molecular weight is 1020 g/mol. The fourth-order valence-electron chi connectivity index (χ4n) is 8.18. The number of carbonyl (C=O) groups excluding carboxylic acids is 2. The highest BCUT2D eigenvalue weighted by Gasteiger charge is 2.52. The van der Waals surface area contributed by atoms with E-state index in [1.165, 1.54) is 30.9 Å². The number of ether oxygens (including phenoxy) is 5. The van der Waals surface area contributed by atoms with Gasteiger partial charge in [-0.1, -0.05) is 23.7 Å². The van der Waals surface area contributed by atoms with E-state index >= 15 is 0 Å². The number of fused-ring (bicyclic) bond motifs is 4. The number of hydrogen-bond donors (Lipinski definition) is 1. The minimum absolute atomic E-state index is 0.0305. The van der Waals surface area contributed by atoms with Crippen LogP contribution in [0, 0.1) is 39.3 Å². The zero-order valence-corrected chi connectivity index (χ0v) is 42.3. The molecule has 6 heterocycles. The Balaban J connectivity index is 0.000000237. The van der Waals surface area contributed by atoms with Gasteiger partial charge in [-0.3, -0.25) is 9.80 Å². The van der Waals surface area contributed by atoms with Gasteiger partial charge in [-0.05, 0) is 130 Å². The van der Waals surface area contributed by atoms with Crippen LogP contribution in [0.1, 0.15) is 102 Å². The molecule has 0 spiro atoms. The molecule has 2 aromatic carbocycles. The van der Waals surface area contributed by atoms with Crippen LogP contribution in [-0.4, -0.2) is 111 Å². The second kappa shape index (κ2) is 24.6. The molecule has 4 aliphatic rings. The summed E-state index contributed by atoms with van der Waals surface area (Å²) in [5.74, 6) is -0.114. The van der Waals surface area contributed by atoms with E-state index in [1.807, 2.05) is 65.2 Å². The summed E-state index contributed by atoms with van der Waals surface area (Å²) in [7, 11) is 0. The Labute approximate surface area is 411 Å². The molecule has 4 aromatic rings. The van der Waals surface area contributed by atoms with Crippen molar-refractivity contribution >= 4 is 46.9 Å². The summed E-state index contributed by atoms with van der Waals surface area (Å²) in [5, 5.41) is 9.06. The molecule has 69 heavy (non-hydrogen) atoms. The standard InChI is InChI=1S/C23H28FN3O4.C16H22ClN3O3.C7H7FO.2O2S/c1-13-6-9-18(16(24)10-13)29-20-14(2)21(26-12-25-20)30-19-11-15-7-8-17(19)27(15)22(28)31-23(3,4)5;1-9-13(17)18-8-19-14(9)22-12-7-10-5-6-11(12)20(10)15(21)23-16(2,3)4;1-5-2-3-7(9)6(8)4-5;2*1-3-2/h6,9-10,12,15,17,19H,7-8,11H2,1-5H3;8,10-12H,5-7H2,1-4H3;2-4,9H,1H3;;/t15?,17?,19-;10?,11?,12-;;;/m00.../s1. The number of carbonyl (C=O) groups is 2. The van der Waals surface area contributed by atoms with E-state index in [0.29, 0.717) is 22.5 Å². The number of benzene rings is 2. The minimum atomic E-state index is -0.750. The molecule has 4 aliphatic heterocycles. The van der Waals surface area contributed by atoms with Crippen LogP contribution in [0.4, 0.5) is 18.4 Å². The number of halogens is 3. The van der Waals surface area contributed by atoms with Crippen LogP contribution in [0.2, 0.25) is 5.15 Å². The molecule has 0 radical (unpaired) electrons. The molecule has 8 rings (SSSR count). The summed E-state index contributed by atoms with van der Waals surface area (Å²) in [6.07, 6.45) is 7.13. The molecule has 6 atom stereocenters. The molecule has 2 amide bonds. The number of hydrogen-bond acceptors (Lipinski definition) is 16. The minimum Gasteiger partial charge on any atom is -0.505 e. The van der Waals surface area contributed by atoms with E-state index in [9.17, 15) is 18.4 Å². The number of aromatic nitrogens is 4. The van der Waals surface area contributed by atoms with Gasteiger partial charge in [-0.2, -0.15) is 16.8 Å². The van der Waals surface area contributed by atoms with Crippen molar-refractivity contribution in [3.8, 4) is 29.1 Å². The summed E-state index contributed by atoms with van der Waals surface area (Å²) < 4.78 is 88.7. The number of aryl methyl sites for hydroxylation is 2. The van der Waals surface area contributed by atoms with Crippen LogP contribution in [0.25, 0.3) is 0 Å². The third-order valence-electron chi connectivity index (χ3n) is 11.1. The fourth-order valence-corrected chi connectivity index (χ4v) is 8.31. The number of amides is 2. The van der Waals surface area contributed by atoms with Crippen molar-refractivity contribution < 1.29 is 64.0 Å². The summed E-state index contributed by atoms with van der Waals surface area (Å²) in [4.78, 5) is 45.3. The van der Waals surface area contributed by atoms with Gasteiger partial charge in [-0.25, -0.2) is 38.3 Å². The predicted octanol–water partition coefficient (Wildman–Crippen LogP) is 8.80. The highest BCUT2D eigenvalue weighted by atomic mass is 35.5. The highest BCUT2D eigenvalue weighted by Crippen LogP contribution is 2.43. The molecule has 0 saturated carbocycles. The van der Waals surface area contributed by atoms with Gasteiger partial charge in [-0.15, -0.1) is 0 Å². The molecule has 376 valence electrons. The number of phenols is 1. The lowest BCUT2D eigenvalue weighted by atomic mass is 9.98. The van der Waals surface area contributed by atoms with E-state index in [2.05, 4.69) is 19.9 Å². The lowest BCUT2D eigenvalue weighted by Gasteiger charge is -2.28. The molecule has 4 fully saturated rings. The van der Waals surface area contributed by atoms with Crippen molar-refractivity contribution in [3.05, 3.63) is 88.1 Å². The van der Waals surface area contributed by atoms with E-state index in [0.717, 1.165) is 55.2 Å². The summed E-state index contributed by atoms with van der Waals surface area (Å²) in [6, 6.07) is 9.27. The topological polar surface area (TPSA) is 227 Å². The maximum absolute atomic E-state index is 14.2. The average Bonchev–Trinajstić information content (AvgIpc) is 4.03. The van der Waals surface area contributed by atoms with Crippen LogP contribution < -0.4 is 14.2 Å². The first-order chi connectivity index (χ1) is 32.4. The van der Waals surface area contributed by atoms with Crippen molar-refractivity contribution in [1.29, 1.82) is 0 Å². The van der Waals surface area contributed by atoms with E-state index in [4.69, 9.17) is 57.2 Å². The first-order valence-corrected chi connectivity index (χ1v) is 23.5. The van der Waals surface area contributed by atoms with Crippen LogP contribution in [0.15, 0.2) is 49.1 Å². The number of rotatable bonds is 6. The molecule has 0 aliphatic carbocycles. The van der Waals surface area contributed by atoms with Crippen LogP contribution in [0.3, 0.4) is 0 Å². The fraction of sp³-hybridized carbons (Fsp3) is 0.522. The molecule has 4 unspecified atom stereocenters. The van der Waals surface area contributed by atoms with Gasteiger partial charge in [0, 0.05) is 30.5 Å². The van der Waals surface area contributed by atoms with Crippen molar-refractivity contribution in [3.63, 3.8) is 0 Å². The molecule has 1 N–H and O–H groups in total. The molecule has 18 nitrogen and oxygen atoms in total. The van der Waals surface area contributed by atoms with E-state index < -0.39 is 46.0 Å². The van der Waals surface area contributed by atoms with Gasteiger partial charge in [0.05, 0.1) is 17.6 Å². The van der Waals surface area contributed by atoms with Crippen LogP contribution in [-0.2, 0) is 32.6 Å². The Morgan fingerprint density at radius 2 is 1.07 bits per heavy atom. The van der Waals surface area contributed by atoms with E-state index in [-0.39, 0.29) is 65.9 Å². The molecule has 23 heteroatoms. The summed E-state index contributed by atoms with van der Waals surface area (Å²) in [5.41, 5.74) is 1.88. The summed E-state index contributed by atoms with van der Waals surface area (Å²) in [6.45, 7) is 18.4. The van der Waals surface area contributed by atoms with Crippen molar-refractivity contribution in [2.75, 3.05) is 0 Å². The Bertz CT molecular complexity index is 2490. The van der Waals surface area contributed by atoms with Gasteiger partial charge < -0.3 is 28.8 Å². The van der Waals surface area contributed by atoms with Crippen molar-refractivity contribution in [2.24, 2.45) is 0 Å². The normalized spacial score (nSPS) is 20.5. The second-order valence-electron chi connectivity index (χ2n) is 18.5. The Kier molecular flexibility index (Phi) is 19.9. The first-order valence-electron chi connectivity index (χ1n) is 21.8. The van der Waals surface area contributed by atoms with Crippen LogP contribution >= 0.6 is 11.6 Å². The first kappa shape index (κ1) is 55.7. The number of nitrogens with zero attached hydrogens (tertiary/aromatic N) is 6. The Hall–Kier alpha value is -5.87. The smallest absolute Gasteiger partial charge is 0.410 e. The second-order valence-corrected chi connectivity index (χ2v) is 19.1. The largest absolute Gasteiger partial charge is 0.505 e. The third kappa shape index (κ3) is 15.6. The lowest BCUT2D eigenvalue weighted by molar-refractivity contribution is 0.0170. The SMILES string of the molecule is Cc1c(Cl)ncnc1O[C@H]1CC2CCC1N2C(=O)OC(C)(C)C.Cc1ccc(O)c(F)c1.Cc1ccc(Oc2ncnc(O[C@H]3CC4CCC3N4C(=O)OC(C)(C)C)c2C)c(F)c1.O=S=O.O=S=O. The van der Waals surface area contributed by atoms with Gasteiger partial charge in [0.2, 0.25) is 17.6 Å². The van der Waals surface area contributed by atoms with Gasteiger partial charge >= 0.3 is 35.3 Å².